The van der Waals surface area contributed by atoms with Gasteiger partial charge >= 0.3 is 0 Å². The Morgan fingerprint density at radius 3 is 2.10 bits per heavy atom. The number of nitrogens with one attached hydrogen (secondary N) is 1. The van der Waals surface area contributed by atoms with Gasteiger partial charge in [-0.3, -0.25) is 0 Å². The molecule has 0 spiro atoms. The fourth-order valence-electron chi connectivity index (χ4n) is 5.17. The average molecular weight is 409 g/mol. The van der Waals surface area contributed by atoms with E-state index in [0.717, 1.165) is 0 Å². The number of nitrogens with zero attached hydrogens (tertiary/aromatic N) is 1. The minimum atomic E-state index is 0.126. The first-order valence-corrected chi connectivity index (χ1v) is 11.5. The zero-order valence-corrected chi connectivity index (χ0v) is 19.5. The molecule has 5 rings (SSSR count). The molecule has 2 nitrogen and oxygen atoms in total. The van der Waals surface area contributed by atoms with Gasteiger partial charge in [0.15, 0.2) is 0 Å². The molecule has 158 valence electrons. The quantitative estimate of drug-likeness (QED) is 0.479. The maximum atomic E-state index is 3.73. The number of hydrogen-bond acceptors (Lipinski definition) is 2. The van der Waals surface area contributed by atoms with E-state index in [2.05, 4.69) is 113 Å². The number of fused-ring (bicyclic) bond motifs is 6. The lowest BCUT2D eigenvalue weighted by Crippen LogP contribution is -2.32. The van der Waals surface area contributed by atoms with Crippen LogP contribution < -0.4 is 10.2 Å². The highest BCUT2D eigenvalue weighted by molar-refractivity contribution is 5.95. The van der Waals surface area contributed by atoms with E-state index in [1.165, 1.54) is 55.9 Å². The fourth-order valence-corrected chi connectivity index (χ4v) is 5.17. The molecule has 0 aromatic heterocycles. The molecular weight excluding hydrogens is 376 g/mol. The Labute approximate surface area is 186 Å². The molecule has 31 heavy (non-hydrogen) atoms. The van der Waals surface area contributed by atoms with E-state index in [0.29, 0.717) is 11.8 Å². The third kappa shape index (κ3) is 3.00. The summed E-state index contributed by atoms with van der Waals surface area (Å²) in [4.78, 5) is 2.54. The minimum absolute atomic E-state index is 0.126. The number of benzene rings is 3. The third-order valence-corrected chi connectivity index (χ3v) is 6.94. The molecule has 2 heterocycles. The van der Waals surface area contributed by atoms with E-state index >= 15 is 0 Å². The van der Waals surface area contributed by atoms with Crippen LogP contribution in [0, 0.1) is 13.8 Å². The molecular formula is C29H32N2. The van der Waals surface area contributed by atoms with E-state index in [9.17, 15) is 0 Å². The Bertz CT molecular complexity index is 1170. The van der Waals surface area contributed by atoms with Gasteiger partial charge in [-0.1, -0.05) is 70.2 Å². The zero-order valence-electron chi connectivity index (χ0n) is 19.5. The molecule has 0 amide bonds. The van der Waals surface area contributed by atoms with Crippen LogP contribution in [0.3, 0.4) is 0 Å². The summed E-state index contributed by atoms with van der Waals surface area (Å²) in [5.74, 6) is 0.926. The standard InChI is InChI=1S/C29H32N2/c1-17(2)21-12-9-13-22(18(3)4)28(21)27-16-30-29-24-11-8-7-10-23(24)25-14-19(5)20(6)15-26(25)31(27)29/h7-18,29-30H,1-6H3. The molecule has 0 radical (unpaired) electrons. The molecule has 1 unspecified atom stereocenters. The van der Waals surface area contributed by atoms with E-state index in [4.69, 9.17) is 0 Å². The van der Waals surface area contributed by atoms with Crippen molar-refractivity contribution in [2.45, 2.75) is 59.5 Å². The Kier molecular flexibility index (Phi) is 4.69. The summed E-state index contributed by atoms with van der Waals surface area (Å²) in [6, 6.07) is 20.4. The average Bonchev–Trinajstić information content (AvgIpc) is 3.19. The second-order valence-corrected chi connectivity index (χ2v) is 9.63. The van der Waals surface area contributed by atoms with Crippen LogP contribution in [-0.2, 0) is 0 Å². The van der Waals surface area contributed by atoms with E-state index in [1.54, 1.807) is 0 Å². The Morgan fingerprint density at radius 1 is 0.774 bits per heavy atom. The van der Waals surface area contributed by atoms with Crippen molar-refractivity contribution < 1.29 is 0 Å². The largest absolute Gasteiger partial charge is 0.365 e. The van der Waals surface area contributed by atoms with Crippen LogP contribution in [0.15, 0.2) is 60.8 Å². The molecule has 0 bridgehead atoms. The lowest BCUT2D eigenvalue weighted by Gasteiger charge is -2.38. The van der Waals surface area contributed by atoms with Crippen molar-refractivity contribution >= 4 is 11.4 Å². The van der Waals surface area contributed by atoms with Gasteiger partial charge in [0.25, 0.3) is 0 Å². The van der Waals surface area contributed by atoms with Crippen molar-refractivity contribution in [1.82, 2.24) is 5.32 Å². The summed E-state index contributed by atoms with van der Waals surface area (Å²) in [5.41, 5.74) is 13.5. The zero-order chi connectivity index (χ0) is 21.9. The van der Waals surface area contributed by atoms with Gasteiger partial charge in [0.05, 0.1) is 11.4 Å². The van der Waals surface area contributed by atoms with Crippen LogP contribution in [0.5, 0.6) is 0 Å². The molecule has 2 aliphatic rings. The Morgan fingerprint density at radius 2 is 1.42 bits per heavy atom. The van der Waals surface area contributed by atoms with Crippen LogP contribution in [0.1, 0.15) is 79.1 Å². The van der Waals surface area contributed by atoms with E-state index in [1.807, 2.05) is 0 Å². The first kappa shape index (κ1) is 19.9. The second kappa shape index (κ2) is 7.30. The maximum absolute atomic E-state index is 3.73. The Hall–Kier alpha value is -3.00. The van der Waals surface area contributed by atoms with Gasteiger partial charge in [-0.2, -0.15) is 0 Å². The van der Waals surface area contributed by atoms with Crippen molar-refractivity contribution in [3.05, 3.63) is 94.2 Å². The predicted octanol–water partition coefficient (Wildman–Crippen LogP) is 7.64. The van der Waals surface area contributed by atoms with Crippen molar-refractivity contribution in [3.8, 4) is 11.1 Å². The molecule has 3 aromatic carbocycles. The van der Waals surface area contributed by atoms with Crippen molar-refractivity contribution in [2.75, 3.05) is 4.90 Å². The maximum Gasteiger partial charge on any atom is 0.130 e. The van der Waals surface area contributed by atoms with Crippen LogP contribution >= 0.6 is 0 Å². The predicted molar refractivity (Wildman–Crippen MR) is 132 cm³/mol. The lowest BCUT2D eigenvalue weighted by molar-refractivity contribution is 0.665. The SMILES string of the molecule is Cc1cc2c(cc1C)N1C(c3c(C(C)C)cccc3C(C)C)=CNC1c1ccccc1-2. The third-order valence-electron chi connectivity index (χ3n) is 6.94. The number of aryl methyl sites for hydroxylation is 2. The van der Waals surface area contributed by atoms with E-state index < -0.39 is 0 Å². The van der Waals surface area contributed by atoms with Crippen LogP contribution in [0.4, 0.5) is 5.69 Å². The molecule has 2 heteroatoms. The fraction of sp³-hybridized carbons (Fsp3) is 0.310. The molecule has 1 N–H and O–H groups in total. The summed E-state index contributed by atoms with van der Waals surface area (Å²) in [7, 11) is 0. The minimum Gasteiger partial charge on any atom is -0.365 e. The van der Waals surface area contributed by atoms with Crippen LogP contribution in [0.25, 0.3) is 16.8 Å². The molecule has 0 saturated heterocycles. The summed E-state index contributed by atoms with van der Waals surface area (Å²) in [6.45, 7) is 13.6. The summed E-state index contributed by atoms with van der Waals surface area (Å²) >= 11 is 0. The van der Waals surface area contributed by atoms with Crippen molar-refractivity contribution in [1.29, 1.82) is 0 Å². The van der Waals surface area contributed by atoms with Gasteiger partial charge in [0, 0.05) is 22.9 Å². The van der Waals surface area contributed by atoms with Gasteiger partial charge in [0.2, 0.25) is 0 Å². The number of hydrogen-bond donors (Lipinski definition) is 1. The normalized spacial score (nSPS) is 16.7. The Balaban J connectivity index is 1.78. The summed E-state index contributed by atoms with van der Waals surface area (Å²) in [6.07, 6.45) is 2.37. The summed E-state index contributed by atoms with van der Waals surface area (Å²) < 4.78 is 0. The highest BCUT2D eigenvalue weighted by atomic mass is 15.3. The highest BCUT2D eigenvalue weighted by Crippen LogP contribution is 2.51. The molecule has 2 aliphatic heterocycles. The van der Waals surface area contributed by atoms with Crippen molar-refractivity contribution in [2.24, 2.45) is 0 Å². The van der Waals surface area contributed by atoms with E-state index in [-0.39, 0.29) is 6.17 Å². The first-order chi connectivity index (χ1) is 14.9. The smallest absolute Gasteiger partial charge is 0.130 e. The van der Waals surface area contributed by atoms with Crippen LogP contribution in [0.2, 0.25) is 0 Å². The molecule has 0 aliphatic carbocycles. The molecule has 0 fully saturated rings. The molecule has 3 aromatic rings. The topological polar surface area (TPSA) is 15.3 Å². The van der Waals surface area contributed by atoms with Gasteiger partial charge < -0.3 is 10.2 Å². The van der Waals surface area contributed by atoms with Gasteiger partial charge in [-0.25, -0.2) is 0 Å². The molecule has 1 atom stereocenters. The van der Waals surface area contributed by atoms with Crippen molar-refractivity contribution in [3.63, 3.8) is 0 Å². The first-order valence-electron chi connectivity index (χ1n) is 11.5. The monoisotopic (exact) mass is 408 g/mol. The summed E-state index contributed by atoms with van der Waals surface area (Å²) in [5, 5.41) is 3.73. The second-order valence-electron chi connectivity index (χ2n) is 9.63. The number of rotatable bonds is 3. The van der Waals surface area contributed by atoms with Crippen LogP contribution in [-0.4, -0.2) is 0 Å². The van der Waals surface area contributed by atoms with Gasteiger partial charge in [-0.05, 0) is 65.6 Å². The van der Waals surface area contributed by atoms with Gasteiger partial charge in [-0.15, -0.1) is 0 Å². The molecule has 0 saturated carbocycles. The number of anilines is 1. The van der Waals surface area contributed by atoms with Gasteiger partial charge in [0.1, 0.15) is 6.17 Å². The lowest BCUT2D eigenvalue weighted by atomic mass is 9.85. The highest BCUT2D eigenvalue weighted by Gasteiger charge is 2.38.